The number of nitrogens with zero attached hydrogens (tertiary/aromatic N) is 8. The number of fused-ring (bicyclic) bond motifs is 8. The molecule has 1 saturated carbocycles. The number of hydrogen-bond acceptors (Lipinski definition) is 10. The van der Waals surface area contributed by atoms with Gasteiger partial charge in [-0.25, -0.2) is 18.7 Å². The number of alkyl halides is 2. The molecular formula is C46H54F2N10O3. The number of amides is 3. The number of carbonyl (C=O) groups excluding carboxylic acids is 3. The van der Waals surface area contributed by atoms with Crippen LogP contribution in [0.3, 0.4) is 0 Å². The number of para-hydroxylation sites is 1. The molecule has 2 aromatic heterocycles. The zero-order chi connectivity index (χ0) is 41.7. The summed E-state index contributed by atoms with van der Waals surface area (Å²) >= 11 is 0. The number of H-pyrrole nitrogens is 1. The van der Waals surface area contributed by atoms with Crippen LogP contribution in [0.1, 0.15) is 84.2 Å². The van der Waals surface area contributed by atoms with Gasteiger partial charge in [0, 0.05) is 123 Å². The van der Waals surface area contributed by atoms with E-state index in [0.29, 0.717) is 42.3 Å². The average Bonchev–Trinajstić information content (AvgIpc) is 3.77. The van der Waals surface area contributed by atoms with E-state index < -0.39 is 12.5 Å². The first-order valence-electron chi connectivity index (χ1n) is 22.2. The topological polar surface area (TPSA) is 124 Å². The summed E-state index contributed by atoms with van der Waals surface area (Å²) in [6, 6.07) is 11.6. The molecule has 6 aliphatic heterocycles. The summed E-state index contributed by atoms with van der Waals surface area (Å²) in [4.78, 5) is 64.6. The van der Waals surface area contributed by atoms with Crippen LogP contribution in [0.25, 0.3) is 10.9 Å². The van der Waals surface area contributed by atoms with Crippen molar-refractivity contribution in [1.29, 1.82) is 0 Å². The van der Waals surface area contributed by atoms with Gasteiger partial charge < -0.3 is 24.6 Å². The maximum atomic E-state index is 13.9. The number of carbonyl (C=O) groups is 3. The SMILES string of the molecule is C[C@@H]1Cc2c([nH]c3ccccc23)[C@@H](c2cnc(N3CC4(CCC(CN5CCN6c7ccc8c(c7N(C)C[C@@H]6C5)CN(C5CCC(=O)NC5=O)C8=O)CC4)C3)nc2)N1CC(F)F. The zero-order valence-corrected chi connectivity index (χ0v) is 35.0. The molecule has 11 rings (SSSR count). The van der Waals surface area contributed by atoms with Crippen molar-refractivity contribution in [3.05, 3.63) is 76.7 Å². The molecule has 1 aliphatic carbocycles. The molecule has 3 saturated heterocycles. The Morgan fingerprint density at radius 1 is 0.934 bits per heavy atom. The average molecular weight is 833 g/mol. The van der Waals surface area contributed by atoms with Crippen molar-refractivity contribution in [3.63, 3.8) is 0 Å². The third-order valence-corrected chi connectivity index (χ3v) is 15.3. The number of piperidine rings is 1. The molecule has 4 atom stereocenters. The highest BCUT2D eigenvalue weighted by Crippen LogP contribution is 2.48. The first kappa shape index (κ1) is 38.7. The van der Waals surface area contributed by atoms with Gasteiger partial charge in [-0.05, 0) is 75.1 Å². The molecule has 4 fully saturated rings. The summed E-state index contributed by atoms with van der Waals surface area (Å²) in [5, 5.41) is 3.57. The lowest BCUT2D eigenvalue weighted by molar-refractivity contribution is -0.136. The van der Waals surface area contributed by atoms with Gasteiger partial charge in [-0.1, -0.05) is 18.2 Å². The molecule has 8 heterocycles. The highest BCUT2D eigenvalue weighted by atomic mass is 19.3. The maximum Gasteiger partial charge on any atom is 0.255 e. The Hall–Kier alpha value is -5.15. The summed E-state index contributed by atoms with van der Waals surface area (Å²) in [7, 11) is 2.12. The summed E-state index contributed by atoms with van der Waals surface area (Å²) in [6.07, 6.45) is 7.44. The van der Waals surface area contributed by atoms with Gasteiger partial charge in [-0.3, -0.25) is 29.5 Å². The van der Waals surface area contributed by atoms with Crippen molar-refractivity contribution in [2.45, 2.75) is 89.0 Å². The third kappa shape index (κ3) is 6.56. The second kappa shape index (κ2) is 14.7. The Labute approximate surface area is 354 Å². The van der Waals surface area contributed by atoms with Crippen molar-refractivity contribution in [2.75, 3.05) is 74.1 Å². The number of halogens is 2. The van der Waals surface area contributed by atoms with Gasteiger partial charge in [0.15, 0.2) is 0 Å². The lowest BCUT2D eigenvalue weighted by atomic mass is 9.66. The van der Waals surface area contributed by atoms with E-state index >= 15 is 0 Å². The van der Waals surface area contributed by atoms with Gasteiger partial charge in [-0.15, -0.1) is 0 Å². The van der Waals surface area contributed by atoms with E-state index in [1.807, 2.05) is 42.4 Å². The predicted octanol–water partition coefficient (Wildman–Crippen LogP) is 4.96. The fourth-order valence-electron chi connectivity index (χ4n) is 12.2. The Morgan fingerprint density at radius 2 is 1.72 bits per heavy atom. The van der Waals surface area contributed by atoms with Crippen LogP contribution < -0.4 is 20.0 Å². The molecule has 320 valence electrons. The van der Waals surface area contributed by atoms with Crippen molar-refractivity contribution in [1.82, 2.24) is 35.0 Å². The second-order valence-corrected chi connectivity index (χ2v) is 19.1. The number of aromatic nitrogens is 3. The molecule has 0 radical (unpaired) electrons. The van der Waals surface area contributed by atoms with Gasteiger partial charge in [-0.2, -0.15) is 0 Å². The largest absolute Gasteiger partial charge is 0.371 e. The molecule has 13 nitrogen and oxygen atoms in total. The van der Waals surface area contributed by atoms with E-state index in [-0.39, 0.29) is 42.8 Å². The molecule has 2 N–H and O–H groups in total. The highest BCUT2D eigenvalue weighted by Gasteiger charge is 2.48. The zero-order valence-electron chi connectivity index (χ0n) is 35.0. The monoisotopic (exact) mass is 832 g/mol. The number of anilines is 3. The number of nitrogens with one attached hydrogen (secondary N) is 2. The van der Waals surface area contributed by atoms with Crippen LogP contribution in [0, 0.1) is 11.3 Å². The second-order valence-electron chi connectivity index (χ2n) is 19.1. The molecular weight excluding hydrogens is 779 g/mol. The van der Waals surface area contributed by atoms with E-state index in [2.05, 4.69) is 55.1 Å². The van der Waals surface area contributed by atoms with Gasteiger partial charge in [0.05, 0.1) is 30.0 Å². The van der Waals surface area contributed by atoms with Gasteiger partial charge in [0.2, 0.25) is 17.8 Å². The molecule has 15 heteroatoms. The van der Waals surface area contributed by atoms with E-state index in [0.717, 1.165) is 85.2 Å². The minimum atomic E-state index is -2.44. The summed E-state index contributed by atoms with van der Waals surface area (Å²) in [5.41, 5.74) is 8.25. The standard InChI is InChI=1S/C46H54F2N10O3/c1-27-17-33-31-5-3-4-6-35(31)51-40(33)41(57(27)24-38(47)48)29-18-49-45(50-19-29)55-25-46(26-55)13-11-28(12-14-46)20-54-15-16-56-30(22-54)21-53(2)42-34-23-58(37-9-10-39(59)52-43(37)60)44(61)32(34)7-8-36(42)56/h3-8,18-19,27-28,30,37-38,41,51H,9-17,20-26H2,1-2H3,(H,52,59,60)/t27-,30-,37?,41-/m1/s1. The number of benzene rings is 2. The molecule has 4 aromatic rings. The van der Waals surface area contributed by atoms with Crippen LogP contribution in [-0.2, 0) is 22.6 Å². The van der Waals surface area contributed by atoms with Crippen LogP contribution in [-0.4, -0.2) is 131 Å². The molecule has 61 heavy (non-hydrogen) atoms. The van der Waals surface area contributed by atoms with E-state index in [1.54, 1.807) is 4.90 Å². The number of imide groups is 1. The van der Waals surface area contributed by atoms with E-state index in [9.17, 15) is 23.2 Å². The Kier molecular flexibility index (Phi) is 9.37. The molecule has 3 amide bonds. The summed E-state index contributed by atoms with van der Waals surface area (Å²) in [5.74, 6) is 0.609. The number of likely N-dealkylation sites (N-methyl/N-ethyl adjacent to an activating group) is 1. The van der Waals surface area contributed by atoms with E-state index in [4.69, 9.17) is 9.97 Å². The van der Waals surface area contributed by atoms with Crippen LogP contribution in [0.2, 0.25) is 0 Å². The number of aromatic amines is 1. The Morgan fingerprint density at radius 3 is 2.49 bits per heavy atom. The fourth-order valence-corrected chi connectivity index (χ4v) is 12.2. The van der Waals surface area contributed by atoms with Crippen LogP contribution in [0.15, 0.2) is 48.8 Å². The summed E-state index contributed by atoms with van der Waals surface area (Å²) in [6.45, 7) is 8.96. The lowest BCUT2D eigenvalue weighted by Crippen LogP contribution is -2.61. The quantitative estimate of drug-likeness (QED) is 0.247. The van der Waals surface area contributed by atoms with Crippen molar-refractivity contribution in [3.8, 4) is 0 Å². The smallest absolute Gasteiger partial charge is 0.255 e. The highest BCUT2D eigenvalue weighted by molar-refractivity contribution is 6.07. The predicted molar refractivity (Wildman–Crippen MR) is 228 cm³/mol. The van der Waals surface area contributed by atoms with Crippen molar-refractivity contribution < 1.29 is 23.2 Å². The first-order valence-corrected chi connectivity index (χ1v) is 22.2. The lowest BCUT2D eigenvalue weighted by Gasteiger charge is -2.54. The minimum absolute atomic E-state index is 0.0509. The summed E-state index contributed by atoms with van der Waals surface area (Å²) < 4.78 is 27.8. The van der Waals surface area contributed by atoms with Crippen LogP contribution in [0.5, 0.6) is 0 Å². The first-order chi connectivity index (χ1) is 29.5. The van der Waals surface area contributed by atoms with Crippen LogP contribution in [0.4, 0.5) is 26.1 Å². The minimum Gasteiger partial charge on any atom is -0.371 e. The van der Waals surface area contributed by atoms with Gasteiger partial charge in [0.25, 0.3) is 12.3 Å². The van der Waals surface area contributed by atoms with Crippen LogP contribution >= 0.6 is 0 Å². The third-order valence-electron chi connectivity index (χ3n) is 15.3. The van der Waals surface area contributed by atoms with Crippen molar-refractivity contribution >= 4 is 45.9 Å². The Balaban J connectivity index is 0.699. The normalized spacial score (nSPS) is 26.7. The van der Waals surface area contributed by atoms with Crippen molar-refractivity contribution in [2.24, 2.45) is 11.3 Å². The molecule has 1 unspecified atom stereocenters. The van der Waals surface area contributed by atoms with Gasteiger partial charge in [0.1, 0.15) is 6.04 Å². The molecule has 7 aliphatic rings. The Bertz CT molecular complexity index is 2390. The molecule has 2 aromatic carbocycles. The molecule has 0 bridgehead atoms. The van der Waals surface area contributed by atoms with E-state index in [1.165, 1.54) is 36.9 Å². The number of rotatable bonds is 7. The molecule has 1 spiro atoms. The number of piperazine rings is 1. The fraction of sp³-hybridized carbons (Fsp3) is 0.543. The number of hydrogen-bond donors (Lipinski definition) is 2. The maximum absolute atomic E-state index is 13.9. The van der Waals surface area contributed by atoms with Gasteiger partial charge >= 0.3 is 0 Å².